The number of urea groups is 1. The number of carbonyl (C=O) groups is 1. The fourth-order valence-electron chi connectivity index (χ4n) is 3.30. The summed E-state index contributed by atoms with van der Waals surface area (Å²) in [7, 11) is 0. The summed E-state index contributed by atoms with van der Waals surface area (Å²) in [5.41, 5.74) is 0.818. The van der Waals surface area contributed by atoms with Crippen LogP contribution < -0.4 is 15.4 Å². The maximum absolute atomic E-state index is 13.4. The summed E-state index contributed by atoms with van der Waals surface area (Å²) in [4.78, 5) is 12.3. The van der Waals surface area contributed by atoms with Gasteiger partial charge in [-0.15, -0.1) is 0 Å². The van der Waals surface area contributed by atoms with Crippen molar-refractivity contribution in [2.75, 3.05) is 6.61 Å². The summed E-state index contributed by atoms with van der Waals surface area (Å²) in [6.07, 6.45) is 4.37. The van der Waals surface area contributed by atoms with Gasteiger partial charge in [-0.3, -0.25) is 0 Å². The van der Waals surface area contributed by atoms with Gasteiger partial charge >= 0.3 is 6.03 Å². The number of fused-ring (bicyclic) bond motifs is 1. The minimum atomic E-state index is -0.338. The Bertz CT molecular complexity index is 559. The highest BCUT2D eigenvalue weighted by Crippen LogP contribution is 2.32. The molecule has 0 spiro atoms. The first-order valence-electron chi connectivity index (χ1n) is 8.29. The largest absolute Gasteiger partial charge is 0.493 e. The van der Waals surface area contributed by atoms with E-state index in [1.54, 1.807) is 6.07 Å². The predicted octanol–water partition coefficient (Wildman–Crippen LogP) is 2.64. The lowest BCUT2D eigenvalue weighted by Crippen LogP contribution is -2.45. The van der Waals surface area contributed by atoms with Gasteiger partial charge < -0.3 is 20.5 Å². The van der Waals surface area contributed by atoms with Crippen molar-refractivity contribution < 1.29 is 19.0 Å². The van der Waals surface area contributed by atoms with Crippen molar-refractivity contribution in [3.05, 3.63) is 29.6 Å². The van der Waals surface area contributed by atoms with Gasteiger partial charge in [0.2, 0.25) is 0 Å². The molecule has 1 aliphatic heterocycles. The lowest BCUT2D eigenvalue weighted by molar-refractivity contribution is 0.117. The first-order valence-corrected chi connectivity index (χ1v) is 8.29. The van der Waals surface area contributed by atoms with Gasteiger partial charge in [0.25, 0.3) is 0 Å². The van der Waals surface area contributed by atoms with Crippen molar-refractivity contribution in [1.29, 1.82) is 0 Å². The molecule has 126 valence electrons. The molecule has 0 bridgehead atoms. The van der Waals surface area contributed by atoms with Crippen LogP contribution in [0.25, 0.3) is 0 Å². The van der Waals surface area contributed by atoms with E-state index in [9.17, 15) is 14.3 Å². The number of ether oxygens (including phenoxy) is 1. The molecule has 0 aromatic heterocycles. The second-order valence-electron chi connectivity index (χ2n) is 6.35. The molecule has 1 atom stereocenters. The number of rotatable bonds is 2. The van der Waals surface area contributed by atoms with Crippen LogP contribution in [-0.2, 0) is 0 Å². The van der Waals surface area contributed by atoms with Gasteiger partial charge in [-0.2, -0.15) is 0 Å². The van der Waals surface area contributed by atoms with Crippen LogP contribution >= 0.6 is 0 Å². The molecule has 1 heterocycles. The van der Waals surface area contributed by atoms with Gasteiger partial charge in [-0.1, -0.05) is 6.07 Å². The van der Waals surface area contributed by atoms with Crippen molar-refractivity contribution in [1.82, 2.24) is 10.6 Å². The number of hydrogen-bond acceptors (Lipinski definition) is 3. The van der Waals surface area contributed by atoms with E-state index >= 15 is 0 Å². The zero-order valence-corrected chi connectivity index (χ0v) is 13.1. The van der Waals surface area contributed by atoms with Crippen LogP contribution in [0.15, 0.2) is 18.2 Å². The molecule has 1 fully saturated rings. The molecule has 1 unspecified atom stereocenters. The van der Waals surface area contributed by atoms with Crippen molar-refractivity contribution >= 4 is 6.03 Å². The number of nitrogens with one attached hydrogen (secondary N) is 2. The monoisotopic (exact) mass is 322 g/mol. The van der Waals surface area contributed by atoms with Crippen molar-refractivity contribution in [2.24, 2.45) is 0 Å². The average molecular weight is 322 g/mol. The van der Waals surface area contributed by atoms with E-state index in [0.29, 0.717) is 12.4 Å². The highest BCUT2D eigenvalue weighted by Gasteiger charge is 2.24. The number of carbonyl (C=O) groups excluding carboxylic acids is 1. The Morgan fingerprint density at radius 1 is 1.17 bits per heavy atom. The normalized spacial score (nSPS) is 27.3. The summed E-state index contributed by atoms with van der Waals surface area (Å²) in [5.74, 6) is 0.170. The molecule has 2 amide bonds. The summed E-state index contributed by atoms with van der Waals surface area (Å²) in [5, 5.41) is 15.5. The van der Waals surface area contributed by atoms with E-state index in [-0.39, 0.29) is 30.0 Å². The zero-order valence-electron chi connectivity index (χ0n) is 13.1. The van der Waals surface area contributed by atoms with Gasteiger partial charge in [0.1, 0.15) is 11.6 Å². The minimum absolute atomic E-state index is 0.105. The second kappa shape index (κ2) is 7.17. The maximum Gasteiger partial charge on any atom is 0.315 e. The van der Waals surface area contributed by atoms with Crippen molar-refractivity contribution in [2.45, 2.75) is 56.7 Å². The quantitative estimate of drug-likeness (QED) is 0.784. The molecular formula is C17H23FN2O3. The van der Waals surface area contributed by atoms with Gasteiger partial charge in [0.15, 0.2) is 0 Å². The summed E-state index contributed by atoms with van der Waals surface area (Å²) < 4.78 is 18.9. The smallest absolute Gasteiger partial charge is 0.315 e. The number of aliphatic hydroxyl groups is 1. The molecule has 3 rings (SSSR count). The van der Waals surface area contributed by atoms with Crippen LogP contribution in [0.3, 0.4) is 0 Å². The first kappa shape index (κ1) is 16.1. The van der Waals surface area contributed by atoms with E-state index in [2.05, 4.69) is 10.6 Å². The number of hydrogen-bond donors (Lipinski definition) is 3. The number of amides is 2. The molecule has 1 aromatic carbocycles. The Morgan fingerprint density at radius 3 is 2.74 bits per heavy atom. The fraction of sp³-hybridized carbons (Fsp3) is 0.588. The van der Waals surface area contributed by atoms with Crippen molar-refractivity contribution in [3.8, 4) is 5.75 Å². The van der Waals surface area contributed by atoms with Gasteiger partial charge in [-0.05, 0) is 44.6 Å². The number of aliphatic hydroxyl groups excluding tert-OH is 1. The van der Waals surface area contributed by atoms with E-state index in [4.69, 9.17) is 4.74 Å². The van der Waals surface area contributed by atoms with Crippen LogP contribution in [0.2, 0.25) is 0 Å². The molecule has 1 aliphatic carbocycles. The lowest BCUT2D eigenvalue weighted by Gasteiger charge is -2.27. The Labute approximate surface area is 135 Å². The molecule has 6 heteroatoms. The summed E-state index contributed by atoms with van der Waals surface area (Å²) in [6, 6.07) is 4.15. The topological polar surface area (TPSA) is 70.6 Å². The van der Waals surface area contributed by atoms with Crippen LogP contribution in [0.4, 0.5) is 9.18 Å². The van der Waals surface area contributed by atoms with Crippen LogP contribution in [0.1, 0.15) is 50.1 Å². The number of benzene rings is 1. The summed E-state index contributed by atoms with van der Waals surface area (Å²) >= 11 is 0. The first-order chi connectivity index (χ1) is 11.1. The third kappa shape index (κ3) is 4.13. The van der Waals surface area contributed by atoms with Crippen LogP contribution in [0.5, 0.6) is 5.75 Å². The van der Waals surface area contributed by atoms with Crippen molar-refractivity contribution in [3.63, 3.8) is 0 Å². The third-order valence-corrected chi connectivity index (χ3v) is 4.58. The lowest BCUT2D eigenvalue weighted by atomic mass is 9.93. The van der Waals surface area contributed by atoms with Crippen LogP contribution in [-0.4, -0.2) is 29.9 Å². The highest BCUT2D eigenvalue weighted by atomic mass is 19.1. The van der Waals surface area contributed by atoms with Gasteiger partial charge in [0, 0.05) is 17.7 Å². The SMILES string of the molecule is O=C(NC1CCC(O)CC1)NC1CCCOc2cc(F)ccc21. The molecular weight excluding hydrogens is 299 g/mol. The maximum atomic E-state index is 13.4. The van der Waals surface area contributed by atoms with Gasteiger partial charge in [0.05, 0.1) is 18.8 Å². The Balaban J connectivity index is 1.62. The second-order valence-corrected chi connectivity index (χ2v) is 6.35. The summed E-state index contributed by atoms with van der Waals surface area (Å²) in [6.45, 7) is 0.525. The Morgan fingerprint density at radius 2 is 1.96 bits per heavy atom. The van der Waals surface area contributed by atoms with E-state index in [0.717, 1.165) is 44.1 Å². The molecule has 0 saturated heterocycles. The molecule has 23 heavy (non-hydrogen) atoms. The number of halogens is 1. The molecule has 1 aromatic rings. The Kier molecular flexibility index (Phi) is 5.00. The van der Waals surface area contributed by atoms with Crippen LogP contribution in [0, 0.1) is 5.82 Å². The van der Waals surface area contributed by atoms with Gasteiger partial charge in [-0.25, -0.2) is 9.18 Å². The Hall–Kier alpha value is -1.82. The van der Waals surface area contributed by atoms with E-state index in [1.807, 2.05) is 0 Å². The predicted molar refractivity (Wildman–Crippen MR) is 83.8 cm³/mol. The zero-order chi connectivity index (χ0) is 16.2. The van der Waals surface area contributed by atoms with E-state index in [1.165, 1.54) is 12.1 Å². The molecule has 2 aliphatic rings. The molecule has 0 radical (unpaired) electrons. The standard InChI is InChI=1S/C17H23FN2O3/c18-11-3-8-14-15(2-1-9-23-16(14)10-11)20-17(22)19-12-4-6-13(21)7-5-12/h3,8,10,12-13,15,21H,1-2,4-7,9H2,(H2,19,20,22). The third-order valence-electron chi connectivity index (χ3n) is 4.58. The highest BCUT2D eigenvalue weighted by molar-refractivity contribution is 5.75. The average Bonchev–Trinajstić information content (AvgIpc) is 2.71. The fourth-order valence-corrected chi connectivity index (χ4v) is 3.30. The molecule has 5 nitrogen and oxygen atoms in total. The van der Waals surface area contributed by atoms with E-state index < -0.39 is 0 Å². The minimum Gasteiger partial charge on any atom is -0.493 e. The molecule has 3 N–H and O–H groups in total. The molecule has 1 saturated carbocycles.